The van der Waals surface area contributed by atoms with Crippen molar-refractivity contribution >= 4 is 40.1 Å². The van der Waals surface area contributed by atoms with Crippen LogP contribution in [0.4, 0.5) is 11.4 Å². The molecule has 2 aliphatic rings. The van der Waals surface area contributed by atoms with Gasteiger partial charge in [-0.3, -0.25) is 19.3 Å². The Balaban J connectivity index is 1.34. The fraction of sp³-hybridized carbons (Fsp3) is 0.292. The van der Waals surface area contributed by atoms with Crippen molar-refractivity contribution in [2.24, 2.45) is 0 Å². The van der Waals surface area contributed by atoms with E-state index in [4.69, 9.17) is 4.74 Å². The third kappa shape index (κ3) is 3.26. The maximum Gasteiger partial charge on any atom is 0.310 e. The Bertz CT molecular complexity index is 1180. The predicted molar refractivity (Wildman–Crippen MR) is 117 cm³/mol. The van der Waals surface area contributed by atoms with E-state index in [-0.39, 0.29) is 18.2 Å². The van der Waals surface area contributed by atoms with Gasteiger partial charge in [-0.05, 0) is 36.6 Å². The molecule has 5 rings (SSSR count). The zero-order chi connectivity index (χ0) is 21.4. The van der Waals surface area contributed by atoms with Crippen LogP contribution in [0.25, 0.3) is 10.9 Å². The van der Waals surface area contributed by atoms with Gasteiger partial charge in [0.15, 0.2) is 6.61 Å². The Morgan fingerprint density at radius 3 is 2.61 bits per heavy atom. The number of hydrogen-bond donors (Lipinski definition) is 2. The van der Waals surface area contributed by atoms with Crippen LogP contribution in [0.15, 0.2) is 54.7 Å². The lowest BCUT2D eigenvalue weighted by atomic mass is 9.90. The summed E-state index contributed by atoms with van der Waals surface area (Å²) in [5.41, 5.74) is 2.11. The number of rotatable bonds is 4. The van der Waals surface area contributed by atoms with E-state index in [9.17, 15) is 14.4 Å². The summed E-state index contributed by atoms with van der Waals surface area (Å²) in [5, 5.41) is 3.90. The van der Waals surface area contributed by atoms with Gasteiger partial charge < -0.3 is 15.0 Å². The number of nitrogens with zero attached hydrogens (tertiary/aromatic N) is 1. The van der Waals surface area contributed by atoms with Crippen LogP contribution in [-0.2, 0) is 25.5 Å². The summed E-state index contributed by atoms with van der Waals surface area (Å²) < 4.78 is 5.36. The lowest BCUT2D eigenvalue weighted by Crippen LogP contribution is -2.61. The first-order valence-electron chi connectivity index (χ1n) is 10.5. The number of aromatic nitrogens is 1. The van der Waals surface area contributed by atoms with Crippen molar-refractivity contribution in [2.75, 3.05) is 16.8 Å². The molecule has 1 spiro atoms. The second-order valence-electron chi connectivity index (χ2n) is 8.14. The quantitative estimate of drug-likeness (QED) is 0.635. The smallest absolute Gasteiger partial charge is 0.310 e. The van der Waals surface area contributed by atoms with E-state index in [1.807, 2.05) is 42.5 Å². The normalized spacial score (nSPS) is 16.9. The topological polar surface area (TPSA) is 91.5 Å². The minimum absolute atomic E-state index is 0.0690. The Morgan fingerprint density at radius 1 is 1.03 bits per heavy atom. The lowest BCUT2D eigenvalue weighted by molar-refractivity contribution is -0.147. The van der Waals surface area contributed by atoms with Crippen LogP contribution in [-0.4, -0.2) is 34.9 Å². The largest absolute Gasteiger partial charge is 0.455 e. The zero-order valence-corrected chi connectivity index (χ0v) is 17.0. The molecule has 1 aliphatic heterocycles. The maximum absolute atomic E-state index is 13.2. The number of ether oxygens (including phenoxy) is 1. The van der Waals surface area contributed by atoms with E-state index in [1.54, 1.807) is 17.2 Å². The molecule has 31 heavy (non-hydrogen) atoms. The number of benzene rings is 2. The fourth-order valence-electron chi connectivity index (χ4n) is 4.82. The summed E-state index contributed by atoms with van der Waals surface area (Å²) in [4.78, 5) is 43.4. The zero-order valence-electron chi connectivity index (χ0n) is 17.0. The van der Waals surface area contributed by atoms with Crippen molar-refractivity contribution in [3.63, 3.8) is 0 Å². The van der Waals surface area contributed by atoms with Gasteiger partial charge in [-0.25, -0.2) is 0 Å². The second-order valence-corrected chi connectivity index (χ2v) is 8.14. The molecule has 0 unspecified atom stereocenters. The molecule has 0 saturated heterocycles. The molecule has 1 aromatic heterocycles. The molecule has 7 heteroatoms. The third-order valence-electron chi connectivity index (χ3n) is 6.29. The molecule has 2 N–H and O–H groups in total. The molecule has 0 atom stereocenters. The van der Waals surface area contributed by atoms with Crippen LogP contribution in [0.1, 0.15) is 31.2 Å². The van der Waals surface area contributed by atoms with Gasteiger partial charge in [-0.1, -0.05) is 43.2 Å². The van der Waals surface area contributed by atoms with Gasteiger partial charge >= 0.3 is 5.97 Å². The minimum Gasteiger partial charge on any atom is -0.455 e. The van der Waals surface area contributed by atoms with Crippen molar-refractivity contribution in [3.05, 3.63) is 60.3 Å². The molecule has 158 valence electrons. The summed E-state index contributed by atoms with van der Waals surface area (Å²) in [5.74, 6) is -1.02. The standard InChI is InChI=1S/C24H23N3O4/c28-21(15-31-22(29)13-16-14-25-18-8-2-1-7-17(16)18)27-20-10-4-3-9-19(20)26-23(30)24(27)11-5-6-12-24/h1-4,7-10,14,25H,5-6,11-13,15H2,(H,26,30). The van der Waals surface area contributed by atoms with Crippen molar-refractivity contribution in [1.82, 2.24) is 4.98 Å². The van der Waals surface area contributed by atoms with Crippen LogP contribution in [0.5, 0.6) is 0 Å². The number of aromatic amines is 1. The van der Waals surface area contributed by atoms with Crippen LogP contribution in [0.3, 0.4) is 0 Å². The van der Waals surface area contributed by atoms with Crippen molar-refractivity contribution in [2.45, 2.75) is 37.6 Å². The van der Waals surface area contributed by atoms with E-state index >= 15 is 0 Å². The summed E-state index contributed by atoms with van der Waals surface area (Å²) in [7, 11) is 0. The van der Waals surface area contributed by atoms with Gasteiger partial charge in [0.2, 0.25) is 0 Å². The Kier molecular flexibility index (Phi) is 4.73. The Morgan fingerprint density at radius 2 is 1.77 bits per heavy atom. The van der Waals surface area contributed by atoms with E-state index in [0.717, 1.165) is 29.3 Å². The summed E-state index contributed by atoms with van der Waals surface area (Å²) in [6.07, 6.45) is 4.80. The maximum atomic E-state index is 13.2. The number of carbonyl (C=O) groups is 3. The fourth-order valence-corrected chi connectivity index (χ4v) is 4.82. The molecule has 1 saturated carbocycles. The molecule has 2 aromatic carbocycles. The first-order valence-corrected chi connectivity index (χ1v) is 10.5. The average Bonchev–Trinajstić information content (AvgIpc) is 3.42. The number of hydrogen-bond acceptors (Lipinski definition) is 4. The van der Waals surface area contributed by atoms with E-state index in [1.165, 1.54) is 0 Å². The van der Waals surface area contributed by atoms with Gasteiger partial charge in [0, 0.05) is 17.1 Å². The predicted octanol–water partition coefficient (Wildman–Crippen LogP) is 3.55. The summed E-state index contributed by atoms with van der Waals surface area (Å²) >= 11 is 0. The SMILES string of the molecule is O=C(Cc1c[nH]c2ccccc12)OCC(=O)N1c2ccccc2NC(=O)C12CCCC2. The number of carbonyl (C=O) groups excluding carboxylic acids is 3. The van der Waals surface area contributed by atoms with Crippen LogP contribution in [0, 0.1) is 0 Å². The van der Waals surface area contributed by atoms with Gasteiger partial charge in [-0.2, -0.15) is 0 Å². The van der Waals surface area contributed by atoms with Gasteiger partial charge in [0.1, 0.15) is 5.54 Å². The number of para-hydroxylation sites is 3. The number of fused-ring (bicyclic) bond motifs is 2. The molecule has 7 nitrogen and oxygen atoms in total. The molecular formula is C24H23N3O4. The van der Waals surface area contributed by atoms with Gasteiger partial charge in [0.05, 0.1) is 17.8 Å². The van der Waals surface area contributed by atoms with Gasteiger partial charge in [0.25, 0.3) is 11.8 Å². The minimum atomic E-state index is -0.908. The monoisotopic (exact) mass is 417 g/mol. The second kappa shape index (κ2) is 7.58. The number of amides is 2. The van der Waals surface area contributed by atoms with Crippen molar-refractivity contribution < 1.29 is 19.1 Å². The van der Waals surface area contributed by atoms with Crippen LogP contribution < -0.4 is 10.2 Å². The number of nitrogens with one attached hydrogen (secondary N) is 2. The van der Waals surface area contributed by atoms with Crippen LogP contribution in [0.2, 0.25) is 0 Å². The molecule has 2 amide bonds. The van der Waals surface area contributed by atoms with E-state index in [2.05, 4.69) is 10.3 Å². The van der Waals surface area contributed by atoms with E-state index in [0.29, 0.717) is 24.2 Å². The number of esters is 1. The molecule has 0 radical (unpaired) electrons. The Hall–Kier alpha value is -3.61. The highest BCUT2D eigenvalue weighted by atomic mass is 16.5. The summed E-state index contributed by atoms with van der Waals surface area (Å²) in [6.45, 7) is -0.398. The molecule has 3 aromatic rings. The van der Waals surface area contributed by atoms with Crippen LogP contribution >= 0.6 is 0 Å². The third-order valence-corrected chi connectivity index (χ3v) is 6.29. The number of H-pyrrole nitrogens is 1. The summed E-state index contributed by atoms with van der Waals surface area (Å²) in [6, 6.07) is 15.0. The van der Waals surface area contributed by atoms with E-state index < -0.39 is 18.1 Å². The molecule has 1 fully saturated rings. The first kappa shape index (κ1) is 19.4. The highest BCUT2D eigenvalue weighted by Crippen LogP contribution is 2.45. The van der Waals surface area contributed by atoms with Crippen molar-refractivity contribution in [3.8, 4) is 0 Å². The molecule has 1 aliphatic carbocycles. The molecule has 2 heterocycles. The highest BCUT2D eigenvalue weighted by Gasteiger charge is 2.52. The number of anilines is 2. The molecule has 0 bridgehead atoms. The molecular weight excluding hydrogens is 394 g/mol. The lowest BCUT2D eigenvalue weighted by Gasteiger charge is -2.44. The van der Waals surface area contributed by atoms with Crippen molar-refractivity contribution in [1.29, 1.82) is 0 Å². The average molecular weight is 417 g/mol. The highest BCUT2D eigenvalue weighted by molar-refractivity contribution is 6.15. The first-order chi connectivity index (χ1) is 15.1. The Labute approximate surface area is 179 Å². The van der Waals surface area contributed by atoms with Gasteiger partial charge in [-0.15, -0.1) is 0 Å².